The van der Waals surface area contributed by atoms with Gasteiger partial charge < -0.3 is 10.6 Å². The molecule has 2 heterocycles. The van der Waals surface area contributed by atoms with Crippen molar-refractivity contribution in [1.29, 1.82) is 0 Å². The van der Waals surface area contributed by atoms with E-state index in [1.165, 1.54) is 19.1 Å². The van der Waals surface area contributed by atoms with Crippen LogP contribution >= 0.6 is 0 Å². The van der Waals surface area contributed by atoms with E-state index in [-0.39, 0.29) is 17.4 Å². The zero-order valence-corrected chi connectivity index (χ0v) is 12.3. The van der Waals surface area contributed by atoms with E-state index in [4.69, 9.17) is 0 Å². The van der Waals surface area contributed by atoms with Crippen LogP contribution in [0.2, 0.25) is 0 Å². The minimum Gasteiger partial charge on any atom is -0.339 e. The summed E-state index contributed by atoms with van der Waals surface area (Å²) in [7, 11) is 0. The predicted molar refractivity (Wildman–Crippen MR) is 79.8 cm³/mol. The summed E-state index contributed by atoms with van der Waals surface area (Å²) in [6.07, 6.45) is -4.65. The topological polar surface area (TPSA) is 84.2 Å². The number of rotatable bonds is 3. The molecular weight excluding hydrogens is 325 g/mol. The molecule has 7 nitrogen and oxygen atoms in total. The average Bonchev–Trinajstić information content (AvgIpc) is 2.92. The molecular formula is C14H11F3N6O. The summed E-state index contributed by atoms with van der Waals surface area (Å²) in [4.78, 5) is 11.0. The maximum Gasteiger partial charge on any atom is 0.453 e. The number of carbonyl (C=O) groups excluding carboxylic acids is 1. The monoisotopic (exact) mass is 336 g/mol. The fourth-order valence-electron chi connectivity index (χ4n) is 2.02. The number of alkyl halides is 3. The highest BCUT2D eigenvalue weighted by Crippen LogP contribution is 2.28. The number of hydrogen-bond acceptors (Lipinski definition) is 5. The third kappa shape index (κ3) is 3.26. The van der Waals surface area contributed by atoms with Crippen LogP contribution in [0, 0.1) is 0 Å². The first kappa shape index (κ1) is 15.7. The largest absolute Gasteiger partial charge is 0.453 e. The number of nitrogens with zero attached hydrogens (tertiary/aromatic N) is 4. The molecule has 1 amide bonds. The summed E-state index contributed by atoms with van der Waals surface area (Å²) < 4.78 is 39.2. The van der Waals surface area contributed by atoms with Gasteiger partial charge in [0, 0.05) is 18.3 Å². The first-order valence-corrected chi connectivity index (χ1v) is 6.77. The van der Waals surface area contributed by atoms with Gasteiger partial charge in [0.05, 0.1) is 0 Å². The predicted octanol–water partition coefficient (Wildman–Crippen LogP) is 2.85. The van der Waals surface area contributed by atoms with Crippen molar-refractivity contribution in [3.05, 3.63) is 42.2 Å². The minimum atomic E-state index is -4.65. The molecule has 2 aromatic heterocycles. The van der Waals surface area contributed by atoms with Crippen molar-refractivity contribution in [1.82, 2.24) is 19.8 Å². The highest BCUT2D eigenvalue weighted by Gasteiger charge is 2.37. The van der Waals surface area contributed by atoms with Crippen LogP contribution in [-0.4, -0.2) is 25.7 Å². The minimum absolute atomic E-state index is 0.00567. The molecule has 0 aliphatic carbocycles. The van der Waals surface area contributed by atoms with E-state index in [9.17, 15) is 18.0 Å². The van der Waals surface area contributed by atoms with Gasteiger partial charge in [-0.3, -0.25) is 4.79 Å². The molecule has 2 N–H and O–H groups in total. The Balaban J connectivity index is 1.86. The first-order chi connectivity index (χ1) is 11.3. The zero-order chi connectivity index (χ0) is 17.3. The van der Waals surface area contributed by atoms with Gasteiger partial charge in [-0.05, 0) is 36.4 Å². The summed E-state index contributed by atoms with van der Waals surface area (Å²) in [6, 6.07) is 9.50. The van der Waals surface area contributed by atoms with Crippen LogP contribution in [0.25, 0.3) is 5.65 Å². The van der Waals surface area contributed by atoms with Crippen LogP contribution in [0.15, 0.2) is 36.4 Å². The highest BCUT2D eigenvalue weighted by molar-refractivity contribution is 5.88. The van der Waals surface area contributed by atoms with E-state index in [1.54, 1.807) is 24.3 Å². The van der Waals surface area contributed by atoms with E-state index in [0.29, 0.717) is 15.9 Å². The van der Waals surface area contributed by atoms with Gasteiger partial charge in [0.1, 0.15) is 0 Å². The molecule has 0 spiro atoms. The molecule has 0 fully saturated rings. The van der Waals surface area contributed by atoms with Crippen LogP contribution in [-0.2, 0) is 11.0 Å². The molecule has 1 aromatic carbocycles. The van der Waals surface area contributed by atoms with Crippen molar-refractivity contribution in [3.8, 4) is 0 Å². The summed E-state index contributed by atoms with van der Waals surface area (Å²) in [5.74, 6) is -1.20. The van der Waals surface area contributed by atoms with Gasteiger partial charge in [-0.15, -0.1) is 15.3 Å². The number of carbonyl (C=O) groups is 1. The molecule has 0 aliphatic heterocycles. The van der Waals surface area contributed by atoms with E-state index >= 15 is 0 Å². The van der Waals surface area contributed by atoms with Gasteiger partial charge in [-0.1, -0.05) is 0 Å². The smallest absolute Gasteiger partial charge is 0.339 e. The van der Waals surface area contributed by atoms with Crippen LogP contribution in [0.4, 0.5) is 30.4 Å². The van der Waals surface area contributed by atoms with Crippen molar-refractivity contribution in [2.45, 2.75) is 13.1 Å². The van der Waals surface area contributed by atoms with E-state index in [1.807, 2.05) is 0 Å². The van der Waals surface area contributed by atoms with E-state index in [0.717, 1.165) is 0 Å². The van der Waals surface area contributed by atoms with Gasteiger partial charge in [-0.25, -0.2) is 0 Å². The standard InChI is InChI=1S/C14H11F3N6O/c1-8(24)18-9-2-4-10(5-3-9)19-11-6-7-12-20-21-13(14(15,16)17)23(12)22-11/h2-7H,1H3,(H,18,24)(H,19,22). The second-order valence-corrected chi connectivity index (χ2v) is 4.89. The average molecular weight is 336 g/mol. The van der Waals surface area contributed by atoms with Crippen LogP contribution < -0.4 is 10.6 Å². The van der Waals surface area contributed by atoms with Crippen molar-refractivity contribution >= 4 is 28.7 Å². The fraction of sp³-hybridized carbons (Fsp3) is 0.143. The highest BCUT2D eigenvalue weighted by atomic mass is 19.4. The second-order valence-electron chi connectivity index (χ2n) is 4.89. The zero-order valence-electron chi connectivity index (χ0n) is 12.3. The second kappa shape index (κ2) is 5.80. The normalized spacial score (nSPS) is 11.5. The molecule has 0 saturated carbocycles. The number of halogens is 3. The van der Waals surface area contributed by atoms with Gasteiger partial charge in [0.15, 0.2) is 11.5 Å². The number of hydrogen-bond donors (Lipinski definition) is 2. The molecule has 10 heteroatoms. The Labute approximate surface area is 133 Å². The van der Waals surface area contributed by atoms with E-state index < -0.39 is 12.0 Å². The molecule has 0 saturated heterocycles. The van der Waals surface area contributed by atoms with Crippen molar-refractivity contribution in [2.75, 3.05) is 10.6 Å². The summed E-state index contributed by atoms with van der Waals surface area (Å²) in [5.41, 5.74) is 1.20. The maximum atomic E-state index is 12.8. The van der Waals surface area contributed by atoms with Crippen molar-refractivity contribution in [2.24, 2.45) is 0 Å². The molecule has 0 bridgehead atoms. The lowest BCUT2D eigenvalue weighted by Crippen LogP contribution is -2.13. The number of amides is 1. The maximum absolute atomic E-state index is 12.8. The Morgan fingerprint density at radius 1 is 1.04 bits per heavy atom. The van der Waals surface area contributed by atoms with E-state index in [2.05, 4.69) is 25.9 Å². The molecule has 0 aliphatic rings. The number of anilines is 3. The SMILES string of the molecule is CC(=O)Nc1ccc(Nc2ccc3nnc(C(F)(F)F)n3n2)cc1. The quantitative estimate of drug-likeness (QED) is 0.768. The summed E-state index contributed by atoms with van der Waals surface area (Å²) in [5, 5.41) is 15.9. The molecule has 0 atom stereocenters. The van der Waals surface area contributed by atoms with Gasteiger partial charge in [-0.2, -0.15) is 17.7 Å². The fourth-order valence-corrected chi connectivity index (χ4v) is 2.02. The third-order valence-corrected chi connectivity index (χ3v) is 2.99. The third-order valence-electron chi connectivity index (χ3n) is 2.99. The number of fused-ring (bicyclic) bond motifs is 1. The van der Waals surface area contributed by atoms with Crippen LogP contribution in [0.5, 0.6) is 0 Å². The van der Waals surface area contributed by atoms with Crippen LogP contribution in [0.1, 0.15) is 12.7 Å². The molecule has 124 valence electrons. The Morgan fingerprint density at radius 2 is 1.71 bits per heavy atom. The lowest BCUT2D eigenvalue weighted by atomic mass is 10.2. The van der Waals surface area contributed by atoms with Crippen LogP contribution in [0.3, 0.4) is 0 Å². The lowest BCUT2D eigenvalue weighted by molar-refractivity contribution is -0.146. The lowest BCUT2D eigenvalue weighted by Gasteiger charge is -2.08. The number of aromatic nitrogens is 4. The summed E-state index contributed by atoms with van der Waals surface area (Å²) >= 11 is 0. The first-order valence-electron chi connectivity index (χ1n) is 6.77. The summed E-state index contributed by atoms with van der Waals surface area (Å²) in [6.45, 7) is 1.39. The van der Waals surface area contributed by atoms with Crippen molar-refractivity contribution in [3.63, 3.8) is 0 Å². The van der Waals surface area contributed by atoms with Gasteiger partial charge >= 0.3 is 6.18 Å². The molecule has 0 unspecified atom stereocenters. The number of benzene rings is 1. The molecule has 0 radical (unpaired) electrons. The van der Waals surface area contributed by atoms with Gasteiger partial charge in [0.2, 0.25) is 5.91 Å². The Bertz CT molecular complexity index is 888. The van der Waals surface area contributed by atoms with Gasteiger partial charge in [0.25, 0.3) is 5.82 Å². The number of nitrogens with one attached hydrogen (secondary N) is 2. The molecule has 24 heavy (non-hydrogen) atoms. The Morgan fingerprint density at radius 3 is 2.33 bits per heavy atom. The Hall–Kier alpha value is -3.17. The molecule has 3 aromatic rings. The Kier molecular flexibility index (Phi) is 3.80. The molecule has 3 rings (SSSR count). The van der Waals surface area contributed by atoms with Crippen molar-refractivity contribution < 1.29 is 18.0 Å².